The van der Waals surface area contributed by atoms with Gasteiger partial charge in [-0.25, -0.2) is 0 Å². The smallest absolute Gasteiger partial charge is 0.288 e. The highest BCUT2D eigenvalue weighted by Crippen LogP contribution is 2.11. The van der Waals surface area contributed by atoms with Gasteiger partial charge in [-0.15, -0.1) is 0 Å². The molecule has 0 aliphatic carbocycles. The highest BCUT2D eigenvalue weighted by molar-refractivity contribution is 7.07. The number of hydrogen-bond donors (Lipinski definition) is 0. The zero-order chi connectivity index (χ0) is 18.2. The first kappa shape index (κ1) is 18.3. The molecule has 132 valence electrons. The lowest BCUT2D eigenvalue weighted by Crippen LogP contribution is -2.69. The van der Waals surface area contributed by atoms with Gasteiger partial charge in [0.2, 0.25) is 0 Å². The van der Waals surface area contributed by atoms with Crippen LogP contribution >= 0.6 is 0 Å². The van der Waals surface area contributed by atoms with Gasteiger partial charge in [0.25, 0.3) is 8.32 Å². The molecule has 0 fully saturated rings. The first-order valence-corrected chi connectivity index (χ1v) is 10.9. The minimum atomic E-state index is -2.61. The van der Waals surface area contributed by atoms with Gasteiger partial charge in [-0.1, -0.05) is 91.0 Å². The Labute approximate surface area is 156 Å². The molecule has 0 spiro atoms. The Balaban J connectivity index is 2.10. The normalized spacial score (nSPS) is 11.3. The molecule has 0 atom stereocenters. The van der Waals surface area contributed by atoms with Crippen molar-refractivity contribution in [3.8, 4) is 0 Å². The average molecular weight is 361 g/mol. The quantitative estimate of drug-likeness (QED) is 0.351. The Hall–Kier alpha value is -2.49. The Morgan fingerprint density at radius 2 is 1.12 bits per heavy atom. The molecule has 0 saturated heterocycles. The number of rotatable bonds is 8. The summed E-state index contributed by atoms with van der Waals surface area (Å²) in [5.41, 5.74) is 0. The van der Waals surface area contributed by atoms with E-state index >= 15 is 0 Å². The fourth-order valence-electron chi connectivity index (χ4n) is 3.31. The molecule has 0 radical (unpaired) electrons. The molecule has 2 nitrogen and oxygen atoms in total. The zero-order valence-electron chi connectivity index (χ0n) is 15.1. The minimum Gasteiger partial charge on any atom is -0.404 e. The van der Waals surface area contributed by atoms with Crippen LogP contribution in [0.25, 0.3) is 0 Å². The van der Waals surface area contributed by atoms with E-state index in [1.807, 2.05) is 18.2 Å². The molecule has 0 heterocycles. The molecule has 0 aromatic heterocycles. The predicted octanol–water partition coefficient (Wildman–Crippen LogP) is 3.04. The van der Waals surface area contributed by atoms with Crippen molar-refractivity contribution in [2.24, 2.45) is 0 Å². The lowest BCUT2D eigenvalue weighted by Gasteiger charge is -2.33. The van der Waals surface area contributed by atoms with Crippen molar-refractivity contribution in [2.45, 2.75) is 19.8 Å². The maximum absolute atomic E-state index is 11.3. The second-order valence-electron chi connectivity index (χ2n) is 6.43. The van der Waals surface area contributed by atoms with Gasteiger partial charge in [0, 0.05) is 13.0 Å². The number of carbonyl (C=O) groups is 1. The van der Waals surface area contributed by atoms with E-state index in [9.17, 15) is 4.79 Å². The van der Waals surface area contributed by atoms with Gasteiger partial charge in [-0.3, -0.25) is 0 Å². The monoisotopic (exact) mass is 360 g/mol. The van der Waals surface area contributed by atoms with Crippen molar-refractivity contribution >= 4 is 29.7 Å². The van der Waals surface area contributed by atoms with E-state index in [1.165, 1.54) is 15.6 Å². The van der Waals surface area contributed by atoms with Crippen LogP contribution in [0.15, 0.2) is 91.0 Å². The number of Topliss-reactive ketones (excluding diaryl/α,β-unsaturated/α-hetero) is 1. The topological polar surface area (TPSA) is 26.3 Å². The van der Waals surface area contributed by atoms with E-state index < -0.39 is 8.32 Å². The highest BCUT2D eigenvalue weighted by atomic mass is 28.4. The van der Waals surface area contributed by atoms with E-state index in [1.54, 1.807) is 6.92 Å². The van der Waals surface area contributed by atoms with Gasteiger partial charge in [-0.2, -0.15) is 0 Å². The minimum absolute atomic E-state index is 0.208. The van der Waals surface area contributed by atoms with Crippen LogP contribution in [0.2, 0.25) is 0 Å². The second kappa shape index (κ2) is 8.74. The third-order valence-electron chi connectivity index (χ3n) is 4.53. The second-order valence-corrected chi connectivity index (χ2v) is 9.82. The summed E-state index contributed by atoms with van der Waals surface area (Å²) in [4.78, 5) is 11.3. The number of carbonyl (C=O) groups excluding carboxylic acids is 1. The molecule has 3 heteroatoms. The maximum atomic E-state index is 11.3. The fraction of sp³-hybridized carbons (Fsp3) is 0.174. The van der Waals surface area contributed by atoms with E-state index in [0.29, 0.717) is 13.0 Å². The van der Waals surface area contributed by atoms with Crippen LogP contribution in [0.4, 0.5) is 0 Å². The SMILES string of the molecule is CC(=O)CCCO[Si](c1ccccc1)(c1ccccc1)c1ccccc1. The average Bonchev–Trinajstić information content (AvgIpc) is 2.70. The summed E-state index contributed by atoms with van der Waals surface area (Å²) in [5.74, 6) is 0.208. The molecule has 0 unspecified atom stereocenters. The van der Waals surface area contributed by atoms with E-state index in [2.05, 4.69) is 72.8 Å². The van der Waals surface area contributed by atoms with Crippen molar-refractivity contribution in [1.29, 1.82) is 0 Å². The van der Waals surface area contributed by atoms with Crippen LogP contribution in [-0.2, 0) is 9.22 Å². The Morgan fingerprint density at radius 3 is 1.46 bits per heavy atom. The number of hydrogen-bond acceptors (Lipinski definition) is 2. The Kier molecular flexibility index (Phi) is 6.15. The summed E-state index contributed by atoms with van der Waals surface area (Å²) in [6.45, 7) is 2.21. The van der Waals surface area contributed by atoms with E-state index in [0.717, 1.165) is 6.42 Å². The maximum Gasteiger partial charge on any atom is 0.288 e. The van der Waals surface area contributed by atoms with Crippen LogP contribution < -0.4 is 15.6 Å². The van der Waals surface area contributed by atoms with Crippen LogP contribution in [0.1, 0.15) is 19.8 Å². The standard InChI is InChI=1S/C23H24O2Si/c1-20(24)12-11-19-25-26(21-13-5-2-6-14-21,22-15-7-3-8-16-22)23-17-9-4-10-18-23/h2-10,13-18H,11-12,19H2,1H3. The molecule has 0 aliphatic rings. The molecule has 3 aromatic rings. The van der Waals surface area contributed by atoms with Crippen molar-refractivity contribution < 1.29 is 9.22 Å². The van der Waals surface area contributed by atoms with Crippen molar-refractivity contribution in [1.82, 2.24) is 0 Å². The highest BCUT2D eigenvalue weighted by Gasteiger charge is 2.41. The number of ketones is 1. The Bertz CT molecular complexity index is 720. The molecule has 0 amide bonds. The molecule has 3 aromatic carbocycles. The molecule has 0 aliphatic heterocycles. The van der Waals surface area contributed by atoms with Gasteiger partial charge in [-0.05, 0) is 28.9 Å². The summed E-state index contributed by atoms with van der Waals surface area (Å²) < 4.78 is 6.72. The predicted molar refractivity (Wildman–Crippen MR) is 110 cm³/mol. The lowest BCUT2D eigenvalue weighted by atomic mass is 10.2. The van der Waals surface area contributed by atoms with Gasteiger partial charge >= 0.3 is 0 Å². The zero-order valence-corrected chi connectivity index (χ0v) is 16.1. The van der Waals surface area contributed by atoms with Crippen LogP contribution in [0.3, 0.4) is 0 Å². The van der Waals surface area contributed by atoms with Crippen LogP contribution in [0, 0.1) is 0 Å². The molecular weight excluding hydrogens is 336 g/mol. The molecular formula is C23H24O2Si. The third kappa shape index (κ3) is 4.01. The summed E-state index contributed by atoms with van der Waals surface area (Å²) in [6.07, 6.45) is 1.30. The van der Waals surface area contributed by atoms with Crippen molar-refractivity contribution in [3.63, 3.8) is 0 Å². The summed E-state index contributed by atoms with van der Waals surface area (Å²) in [6, 6.07) is 31.5. The lowest BCUT2D eigenvalue weighted by molar-refractivity contribution is -0.117. The first-order chi connectivity index (χ1) is 12.7. The summed E-state index contributed by atoms with van der Waals surface area (Å²) in [5, 5.41) is 3.67. The molecule has 3 rings (SSSR count). The summed E-state index contributed by atoms with van der Waals surface area (Å²) >= 11 is 0. The van der Waals surface area contributed by atoms with E-state index in [4.69, 9.17) is 4.43 Å². The molecule has 0 saturated carbocycles. The van der Waals surface area contributed by atoms with Gasteiger partial charge in [0.1, 0.15) is 5.78 Å². The van der Waals surface area contributed by atoms with Gasteiger partial charge in [0.15, 0.2) is 0 Å². The van der Waals surface area contributed by atoms with Crippen molar-refractivity contribution in [2.75, 3.05) is 6.61 Å². The molecule has 0 bridgehead atoms. The third-order valence-corrected chi connectivity index (χ3v) is 8.61. The molecule has 26 heavy (non-hydrogen) atoms. The fourth-order valence-corrected chi connectivity index (χ4v) is 7.25. The van der Waals surface area contributed by atoms with Gasteiger partial charge < -0.3 is 9.22 Å². The van der Waals surface area contributed by atoms with Crippen LogP contribution in [-0.4, -0.2) is 20.7 Å². The van der Waals surface area contributed by atoms with Crippen molar-refractivity contribution in [3.05, 3.63) is 91.0 Å². The van der Waals surface area contributed by atoms with E-state index in [-0.39, 0.29) is 5.78 Å². The largest absolute Gasteiger partial charge is 0.404 e. The van der Waals surface area contributed by atoms with Gasteiger partial charge in [0.05, 0.1) is 0 Å². The number of benzene rings is 3. The first-order valence-electron chi connectivity index (χ1n) is 9.03. The Morgan fingerprint density at radius 1 is 0.731 bits per heavy atom. The van der Waals surface area contributed by atoms with Crippen LogP contribution in [0.5, 0.6) is 0 Å². The molecule has 0 N–H and O–H groups in total. The summed E-state index contributed by atoms with van der Waals surface area (Å²) in [7, 11) is -2.61.